The molecule has 1 aromatic heterocycles. The molecule has 1 aromatic carbocycles. The van der Waals surface area contributed by atoms with Crippen molar-refractivity contribution in [2.75, 3.05) is 31.2 Å². The summed E-state index contributed by atoms with van der Waals surface area (Å²) >= 11 is 0. The van der Waals surface area contributed by atoms with Crippen LogP contribution in [0.2, 0.25) is 0 Å². The fourth-order valence-corrected chi connectivity index (χ4v) is 2.94. The van der Waals surface area contributed by atoms with Crippen LogP contribution in [0.25, 0.3) is 11.1 Å². The minimum absolute atomic E-state index is 0.617. The largest absolute Gasteiger partial charge is 0.486 e. The minimum Gasteiger partial charge on any atom is -0.486 e. The van der Waals surface area contributed by atoms with Gasteiger partial charge in [-0.3, -0.25) is 0 Å². The number of hydrogen-bond donors (Lipinski definition) is 0. The zero-order valence-corrected chi connectivity index (χ0v) is 11.9. The molecule has 0 atom stereocenters. The highest BCUT2D eigenvalue weighted by atomic mass is 16.6. The van der Waals surface area contributed by atoms with Gasteiger partial charge in [-0.15, -0.1) is 0 Å². The second kappa shape index (κ2) is 5.28. The van der Waals surface area contributed by atoms with Gasteiger partial charge >= 0.3 is 0 Å². The van der Waals surface area contributed by atoms with E-state index in [1.807, 2.05) is 18.3 Å². The van der Waals surface area contributed by atoms with Crippen LogP contribution in [0.3, 0.4) is 0 Å². The van der Waals surface area contributed by atoms with Gasteiger partial charge in [0.15, 0.2) is 11.5 Å². The highest BCUT2D eigenvalue weighted by Crippen LogP contribution is 2.35. The van der Waals surface area contributed by atoms with E-state index in [1.54, 1.807) is 0 Å². The first kappa shape index (κ1) is 12.5. The van der Waals surface area contributed by atoms with Gasteiger partial charge in [-0.2, -0.15) is 0 Å². The topological polar surface area (TPSA) is 34.6 Å². The van der Waals surface area contributed by atoms with Gasteiger partial charge in [0.1, 0.15) is 19.0 Å². The SMILES string of the molecule is c1cc(-c2ccc3c(c2)OCCO3)cc(N2CCCC2)n1. The van der Waals surface area contributed by atoms with E-state index in [9.17, 15) is 0 Å². The smallest absolute Gasteiger partial charge is 0.161 e. The number of hydrogen-bond acceptors (Lipinski definition) is 4. The third kappa shape index (κ3) is 2.42. The summed E-state index contributed by atoms with van der Waals surface area (Å²) in [6.45, 7) is 3.46. The van der Waals surface area contributed by atoms with Crippen LogP contribution in [-0.4, -0.2) is 31.3 Å². The number of aromatic nitrogens is 1. The van der Waals surface area contributed by atoms with Crippen LogP contribution in [0.1, 0.15) is 12.8 Å². The van der Waals surface area contributed by atoms with Crippen LogP contribution in [0.15, 0.2) is 36.5 Å². The molecule has 3 heterocycles. The van der Waals surface area contributed by atoms with Crippen LogP contribution < -0.4 is 14.4 Å². The number of rotatable bonds is 2. The van der Waals surface area contributed by atoms with E-state index in [2.05, 4.69) is 28.1 Å². The first-order chi connectivity index (χ1) is 10.4. The molecule has 0 aliphatic carbocycles. The third-order valence-corrected chi connectivity index (χ3v) is 4.05. The van der Waals surface area contributed by atoms with Crippen molar-refractivity contribution in [2.45, 2.75) is 12.8 Å². The van der Waals surface area contributed by atoms with Gasteiger partial charge in [0, 0.05) is 19.3 Å². The lowest BCUT2D eigenvalue weighted by Crippen LogP contribution is -2.18. The molecule has 0 bridgehead atoms. The number of benzene rings is 1. The van der Waals surface area contributed by atoms with Gasteiger partial charge < -0.3 is 14.4 Å². The molecule has 0 saturated carbocycles. The third-order valence-electron chi connectivity index (χ3n) is 4.05. The fraction of sp³-hybridized carbons (Fsp3) is 0.353. The second-order valence-electron chi connectivity index (χ2n) is 5.46. The van der Waals surface area contributed by atoms with Crippen molar-refractivity contribution >= 4 is 5.82 Å². The molecule has 2 aromatic rings. The van der Waals surface area contributed by atoms with E-state index in [-0.39, 0.29) is 0 Å². The second-order valence-corrected chi connectivity index (χ2v) is 5.46. The van der Waals surface area contributed by atoms with Crippen molar-refractivity contribution in [2.24, 2.45) is 0 Å². The van der Waals surface area contributed by atoms with Crippen molar-refractivity contribution < 1.29 is 9.47 Å². The molecule has 2 aliphatic heterocycles. The molecule has 0 spiro atoms. The summed E-state index contributed by atoms with van der Waals surface area (Å²) in [6, 6.07) is 10.3. The Balaban J connectivity index is 1.68. The zero-order chi connectivity index (χ0) is 14.1. The highest BCUT2D eigenvalue weighted by Gasteiger charge is 2.15. The summed E-state index contributed by atoms with van der Waals surface area (Å²) in [4.78, 5) is 6.85. The summed E-state index contributed by atoms with van der Waals surface area (Å²) in [5.74, 6) is 2.73. The van der Waals surface area contributed by atoms with E-state index in [0.717, 1.165) is 36.0 Å². The van der Waals surface area contributed by atoms with Crippen LogP contribution in [0.4, 0.5) is 5.82 Å². The maximum atomic E-state index is 5.66. The number of pyridine rings is 1. The summed E-state index contributed by atoms with van der Waals surface area (Å²) in [7, 11) is 0. The van der Waals surface area contributed by atoms with E-state index in [4.69, 9.17) is 9.47 Å². The monoisotopic (exact) mass is 282 g/mol. The van der Waals surface area contributed by atoms with Crippen molar-refractivity contribution in [3.05, 3.63) is 36.5 Å². The van der Waals surface area contributed by atoms with Gasteiger partial charge in [0.2, 0.25) is 0 Å². The molecule has 2 aliphatic rings. The van der Waals surface area contributed by atoms with E-state index in [1.165, 1.54) is 18.4 Å². The van der Waals surface area contributed by atoms with Crippen LogP contribution in [0.5, 0.6) is 11.5 Å². The Morgan fingerprint density at radius 3 is 2.48 bits per heavy atom. The molecule has 4 heteroatoms. The van der Waals surface area contributed by atoms with E-state index in [0.29, 0.717) is 13.2 Å². The molecule has 108 valence electrons. The molecule has 1 fully saturated rings. The molecule has 4 nitrogen and oxygen atoms in total. The number of anilines is 1. The molecule has 1 saturated heterocycles. The molecule has 0 unspecified atom stereocenters. The molecular weight excluding hydrogens is 264 g/mol. The van der Waals surface area contributed by atoms with Gasteiger partial charge in [-0.25, -0.2) is 4.98 Å². The maximum Gasteiger partial charge on any atom is 0.161 e. The lowest BCUT2D eigenvalue weighted by Gasteiger charge is -2.20. The Morgan fingerprint density at radius 2 is 1.62 bits per heavy atom. The number of nitrogens with zero attached hydrogens (tertiary/aromatic N) is 2. The quantitative estimate of drug-likeness (QED) is 0.847. The predicted molar refractivity (Wildman–Crippen MR) is 82.1 cm³/mol. The van der Waals surface area contributed by atoms with Gasteiger partial charge in [-0.05, 0) is 48.2 Å². The highest BCUT2D eigenvalue weighted by molar-refractivity contribution is 5.69. The molecule has 21 heavy (non-hydrogen) atoms. The predicted octanol–water partition coefficient (Wildman–Crippen LogP) is 3.12. The molecule has 4 rings (SSSR count). The Kier molecular flexibility index (Phi) is 3.14. The number of fused-ring (bicyclic) bond motifs is 1. The Morgan fingerprint density at radius 1 is 0.857 bits per heavy atom. The number of ether oxygens (including phenoxy) is 2. The Labute approximate surface area is 124 Å². The maximum absolute atomic E-state index is 5.66. The first-order valence-corrected chi connectivity index (χ1v) is 7.51. The van der Waals surface area contributed by atoms with Gasteiger partial charge in [0.25, 0.3) is 0 Å². The molecule has 0 radical (unpaired) electrons. The van der Waals surface area contributed by atoms with Crippen LogP contribution >= 0.6 is 0 Å². The first-order valence-electron chi connectivity index (χ1n) is 7.51. The fourth-order valence-electron chi connectivity index (χ4n) is 2.94. The minimum atomic E-state index is 0.617. The summed E-state index contributed by atoms with van der Waals surface area (Å²) in [6.07, 6.45) is 4.41. The average molecular weight is 282 g/mol. The lowest BCUT2D eigenvalue weighted by molar-refractivity contribution is 0.171. The lowest BCUT2D eigenvalue weighted by atomic mass is 10.1. The van der Waals surface area contributed by atoms with Crippen molar-refractivity contribution in [3.8, 4) is 22.6 Å². The molecular formula is C17H18N2O2. The van der Waals surface area contributed by atoms with Crippen molar-refractivity contribution in [1.29, 1.82) is 0 Å². The van der Waals surface area contributed by atoms with E-state index < -0.39 is 0 Å². The van der Waals surface area contributed by atoms with Gasteiger partial charge in [0.05, 0.1) is 0 Å². The molecule has 0 N–H and O–H groups in total. The molecule has 0 amide bonds. The van der Waals surface area contributed by atoms with Crippen molar-refractivity contribution in [1.82, 2.24) is 4.98 Å². The van der Waals surface area contributed by atoms with Crippen LogP contribution in [0, 0.1) is 0 Å². The average Bonchev–Trinajstić information content (AvgIpc) is 3.09. The summed E-state index contributed by atoms with van der Waals surface area (Å²) in [5, 5.41) is 0. The summed E-state index contributed by atoms with van der Waals surface area (Å²) in [5.41, 5.74) is 2.31. The Hall–Kier alpha value is -2.23. The van der Waals surface area contributed by atoms with Crippen LogP contribution in [-0.2, 0) is 0 Å². The van der Waals surface area contributed by atoms with Crippen molar-refractivity contribution in [3.63, 3.8) is 0 Å². The van der Waals surface area contributed by atoms with E-state index >= 15 is 0 Å². The normalized spacial score (nSPS) is 17.0. The summed E-state index contributed by atoms with van der Waals surface area (Å²) < 4.78 is 11.2. The zero-order valence-electron chi connectivity index (χ0n) is 11.9. The van der Waals surface area contributed by atoms with Gasteiger partial charge in [-0.1, -0.05) is 6.07 Å². The standard InChI is InChI=1S/C17H18N2O2/c1-2-8-19(7-1)17-12-14(5-6-18-17)13-3-4-15-16(11-13)21-10-9-20-15/h3-6,11-12H,1-2,7-10H2. The Bertz CT molecular complexity index is 651.